The summed E-state index contributed by atoms with van der Waals surface area (Å²) in [5.41, 5.74) is 0.663. The monoisotopic (exact) mass is 421 g/mol. The second-order valence-corrected chi connectivity index (χ2v) is 9.17. The van der Waals surface area contributed by atoms with E-state index in [2.05, 4.69) is 11.9 Å². The van der Waals surface area contributed by atoms with Crippen LogP contribution in [-0.4, -0.2) is 26.3 Å². The van der Waals surface area contributed by atoms with Crippen LogP contribution in [0.5, 0.6) is 5.75 Å². The van der Waals surface area contributed by atoms with Crippen molar-refractivity contribution in [1.82, 2.24) is 4.98 Å². The van der Waals surface area contributed by atoms with Crippen LogP contribution in [0.3, 0.4) is 0 Å². The van der Waals surface area contributed by atoms with E-state index in [1.165, 1.54) is 18.3 Å². The lowest BCUT2D eigenvalue weighted by molar-refractivity contribution is 0.309. The summed E-state index contributed by atoms with van der Waals surface area (Å²) in [6, 6.07) is 12.0. The number of ether oxygens (including phenoxy) is 1. The van der Waals surface area contributed by atoms with Gasteiger partial charge in [0.25, 0.3) is 0 Å². The molecule has 4 nitrogen and oxygen atoms in total. The van der Waals surface area contributed by atoms with Gasteiger partial charge in [-0.25, -0.2) is 8.42 Å². The lowest BCUT2D eigenvalue weighted by Gasteiger charge is -2.10. The Bertz CT molecular complexity index is 1050. The summed E-state index contributed by atoms with van der Waals surface area (Å²) in [4.78, 5) is 5.44. The number of fused-ring (bicyclic) bond motifs is 1. The molecule has 7 heteroatoms. The number of hydrogen-bond donors (Lipinski definition) is 0. The van der Waals surface area contributed by atoms with Crippen molar-refractivity contribution < 1.29 is 13.2 Å². The summed E-state index contributed by atoms with van der Waals surface area (Å²) in [5, 5.41) is 0.822. The fourth-order valence-corrected chi connectivity index (χ4v) is 4.84. The van der Waals surface area contributed by atoms with E-state index in [1.54, 1.807) is 23.9 Å². The van der Waals surface area contributed by atoms with E-state index >= 15 is 0 Å². The molecule has 0 spiro atoms. The van der Waals surface area contributed by atoms with Gasteiger partial charge in [0.2, 0.25) is 9.84 Å². The first-order chi connectivity index (χ1) is 13.0. The Balaban J connectivity index is 1.98. The van der Waals surface area contributed by atoms with Crippen molar-refractivity contribution in [3.05, 3.63) is 53.7 Å². The van der Waals surface area contributed by atoms with E-state index in [4.69, 9.17) is 16.3 Å². The molecule has 1 aromatic heterocycles. The Morgan fingerprint density at radius 1 is 1.15 bits per heavy atom. The van der Waals surface area contributed by atoms with Gasteiger partial charge in [-0.15, -0.1) is 11.8 Å². The van der Waals surface area contributed by atoms with E-state index in [9.17, 15) is 8.42 Å². The van der Waals surface area contributed by atoms with Crippen molar-refractivity contribution in [2.45, 2.75) is 34.5 Å². The highest BCUT2D eigenvalue weighted by molar-refractivity contribution is 7.98. The average Bonchev–Trinajstić information content (AvgIpc) is 2.68. The molecule has 1 heterocycles. The third kappa shape index (κ3) is 4.23. The topological polar surface area (TPSA) is 56.3 Å². The van der Waals surface area contributed by atoms with Crippen molar-refractivity contribution in [3.8, 4) is 5.75 Å². The van der Waals surface area contributed by atoms with E-state index in [1.807, 2.05) is 24.5 Å². The van der Waals surface area contributed by atoms with E-state index in [0.717, 1.165) is 17.7 Å². The molecule has 2 aromatic carbocycles. The minimum absolute atomic E-state index is 0.00886. The van der Waals surface area contributed by atoms with Crippen molar-refractivity contribution in [2.75, 3.05) is 12.9 Å². The maximum absolute atomic E-state index is 13.1. The number of nitrogens with zero attached hydrogens (tertiary/aromatic N) is 1. The first-order valence-corrected chi connectivity index (χ1v) is 11.7. The molecule has 0 aliphatic carbocycles. The van der Waals surface area contributed by atoms with Crippen LogP contribution in [0.15, 0.2) is 63.3 Å². The van der Waals surface area contributed by atoms with Crippen LogP contribution in [0, 0.1) is 0 Å². The number of halogens is 1. The summed E-state index contributed by atoms with van der Waals surface area (Å²) >= 11 is 8.03. The third-order valence-corrected chi connectivity index (χ3v) is 7.19. The fraction of sp³-hybridized carbons (Fsp3) is 0.250. The van der Waals surface area contributed by atoms with Gasteiger partial charge in [-0.1, -0.05) is 24.9 Å². The van der Waals surface area contributed by atoms with Crippen LogP contribution >= 0.6 is 23.4 Å². The molecule has 0 aliphatic rings. The van der Waals surface area contributed by atoms with Crippen molar-refractivity contribution in [1.29, 1.82) is 0 Å². The highest BCUT2D eigenvalue weighted by Gasteiger charge is 2.23. The minimum atomic E-state index is -3.78. The Kier molecular flexibility index (Phi) is 6.29. The van der Waals surface area contributed by atoms with Crippen LogP contribution < -0.4 is 4.74 Å². The number of hydrogen-bond acceptors (Lipinski definition) is 5. The molecule has 0 bridgehead atoms. The normalized spacial score (nSPS) is 11.7. The molecular formula is C20H20ClNO3S2. The highest BCUT2D eigenvalue weighted by Crippen LogP contribution is 2.34. The van der Waals surface area contributed by atoms with Gasteiger partial charge < -0.3 is 4.74 Å². The molecule has 0 atom stereocenters. The molecular weight excluding hydrogens is 402 g/mol. The minimum Gasteiger partial charge on any atom is -0.494 e. The lowest BCUT2D eigenvalue weighted by Crippen LogP contribution is -2.04. The maximum Gasteiger partial charge on any atom is 0.209 e. The van der Waals surface area contributed by atoms with Gasteiger partial charge in [-0.05, 0) is 55.1 Å². The largest absolute Gasteiger partial charge is 0.494 e. The zero-order valence-corrected chi connectivity index (χ0v) is 17.5. The molecule has 0 amide bonds. The predicted octanol–water partition coefficient (Wildman–Crippen LogP) is 5.62. The van der Waals surface area contributed by atoms with Gasteiger partial charge >= 0.3 is 0 Å². The number of rotatable bonds is 7. The molecule has 3 rings (SSSR count). The van der Waals surface area contributed by atoms with Gasteiger partial charge in [0, 0.05) is 16.5 Å². The van der Waals surface area contributed by atoms with E-state index in [-0.39, 0.29) is 14.8 Å². The van der Waals surface area contributed by atoms with Gasteiger partial charge in [-0.2, -0.15) is 0 Å². The molecule has 0 aliphatic heterocycles. The van der Waals surface area contributed by atoms with Crippen molar-refractivity contribution in [3.63, 3.8) is 0 Å². The summed E-state index contributed by atoms with van der Waals surface area (Å²) in [5.74, 6) is 0.648. The van der Waals surface area contributed by atoms with Gasteiger partial charge in [0.05, 0.1) is 22.0 Å². The first kappa shape index (κ1) is 20.0. The first-order valence-electron chi connectivity index (χ1n) is 8.57. The smallest absolute Gasteiger partial charge is 0.209 e. The fourth-order valence-electron chi connectivity index (χ4n) is 2.61. The molecule has 0 saturated carbocycles. The third-order valence-electron chi connectivity index (χ3n) is 4.17. The summed E-state index contributed by atoms with van der Waals surface area (Å²) in [7, 11) is -3.78. The van der Waals surface area contributed by atoms with Crippen molar-refractivity contribution >= 4 is 44.1 Å². The second kappa shape index (κ2) is 8.50. The molecule has 3 aromatic rings. The molecule has 27 heavy (non-hydrogen) atoms. The summed E-state index contributed by atoms with van der Waals surface area (Å²) < 4.78 is 31.7. The van der Waals surface area contributed by atoms with Gasteiger partial charge in [-0.3, -0.25) is 4.98 Å². The highest BCUT2D eigenvalue weighted by atomic mass is 35.5. The second-order valence-electron chi connectivity index (χ2n) is 6.00. The van der Waals surface area contributed by atoms with Crippen LogP contribution in [0.1, 0.15) is 19.8 Å². The SMILES string of the molecule is CCCCOc1ccc(S(=O)(=O)c2cnc3ccc(SC)cc3c2Cl)cc1. The standard InChI is InChI=1S/C20H20ClNO3S2/c1-3-4-11-25-14-5-8-16(9-6-14)27(23,24)19-13-22-18-10-7-15(26-2)12-17(18)20(19)21/h5-10,12-13H,3-4,11H2,1-2H3. The number of pyridine rings is 1. The quantitative estimate of drug-likeness (QED) is 0.366. The van der Waals surface area contributed by atoms with Crippen LogP contribution in [0.4, 0.5) is 0 Å². The number of benzene rings is 2. The number of aromatic nitrogens is 1. The molecule has 0 unspecified atom stereocenters. The molecule has 0 N–H and O–H groups in total. The average molecular weight is 422 g/mol. The molecule has 0 radical (unpaired) electrons. The van der Waals surface area contributed by atoms with Crippen LogP contribution in [0.2, 0.25) is 5.02 Å². The predicted molar refractivity (Wildman–Crippen MR) is 111 cm³/mol. The maximum atomic E-state index is 13.1. The number of unbranched alkanes of at least 4 members (excludes halogenated alkanes) is 1. The Hall–Kier alpha value is -1.76. The number of sulfone groups is 1. The van der Waals surface area contributed by atoms with E-state index < -0.39 is 9.84 Å². The van der Waals surface area contributed by atoms with Gasteiger partial charge in [0.1, 0.15) is 10.6 Å². The van der Waals surface area contributed by atoms with Crippen LogP contribution in [0.25, 0.3) is 10.9 Å². The summed E-state index contributed by atoms with van der Waals surface area (Å²) in [6.45, 7) is 2.70. The Morgan fingerprint density at radius 3 is 2.56 bits per heavy atom. The number of thioether (sulfide) groups is 1. The van der Waals surface area contributed by atoms with E-state index in [0.29, 0.717) is 23.3 Å². The molecule has 0 fully saturated rings. The Morgan fingerprint density at radius 2 is 1.89 bits per heavy atom. The molecule has 142 valence electrons. The van der Waals surface area contributed by atoms with Crippen molar-refractivity contribution in [2.24, 2.45) is 0 Å². The zero-order valence-electron chi connectivity index (χ0n) is 15.1. The van der Waals surface area contributed by atoms with Gasteiger partial charge in [0.15, 0.2) is 0 Å². The Labute approximate surface area is 168 Å². The molecule has 0 saturated heterocycles. The lowest BCUT2D eigenvalue weighted by atomic mass is 10.2. The summed E-state index contributed by atoms with van der Waals surface area (Å²) in [6.07, 6.45) is 5.27. The zero-order chi connectivity index (χ0) is 19.4. The van der Waals surface area contributed by atoms with Crippen LogP contribution in [-0.2, 0) is 9.84 Å².